The number of nitrogens with zero attached hydrogens (tertiary/aromatic N) is 1. The predicted octanol–water partition coefficient (Wildman–Crippen LogP) is 1.61. The third kappa shape index (κ3) is 3.43. The van der Waals surface area contributed by atoms with Gasteiger partial charge in [0, 0.05) is 30.2 Å². The molecule has 0 spiro atoms. The Morgan fingerprint density at radius 3 is 3.00 bits per heavy atom. The number of nitrogens with one attached hydrogen (secondary N) is 1. The van der Waals surface area contributed by atoms with Crippen LogP contribution in [-0.4, -0.2) is 58.5 Å². The SMILES string of the molecule is CC(O)C1CCN(CC(O)COc2cccc3[nH]ccc23)C1. The van der Waals surface area contributed by atoms with E-state index < -0.39 is 6.10 Å². The molecule has 3 N–H and O–H groups in total. The van der Waals surface area contributed by atoms with E-state index >= 15 is 0 Å². The van der Waals surface area contributed by atoms with Gasteiger partial charge in [-0.05, 0) is 44.0 Å². The van der Waals surface area contributed by atoms with Crippen molar-refractivity contribution in [2.75, 3.05) is 26.2 Å². The summed E-state index contributed by atoms with van der Waals surface area (Å²) in [5.74, 6) is 1.11. The van der Waals surface area contributed by atoms with E-state index in [0.717, 1.165) is 36.2 Å². The number of aliphatic hydroxyl groups is 2. The second-order valence-corrected chi connectivity index (χ2v) is 6.21. The van der Waals surface area contributed by atoms with Gasteiger partial charge < -0.3 is 24.8 Å². The Hall–Kier alpha value is -1.56. The van der Waals surface area contributed by atoms with Gasteiger partial charge in [0.1, 0.15) is 18.5 Å². The fourth-order valence-corrected chi connectivity index (χ4v) is 3.14. The summed E-state index contributed by atoms with van der Waals surface area (Å²) in [6.07, 6.45) is 2.08. The zero-order valence-corrected chi connectivity index (χ0v) is 12.9. The molecule has 5 heteroatoms. The lowest BCUT2D eigenvalue weighted by Gasteiger charge is -2.21. The van der Waals surface area contributed by atoms with Gasteiger partial charge in [0.2, 0.25) is 0 Å². The number of aliphatic hydroxyl groups excluding tert-OH is 2. The Morgan fingerprint density at radius 2 is 2.23 bits per heavy atom. The third-order valence-electron chi connectivity index (χ3n) is 4.45. The fourth-order valence-electron chi connectivity index (χ4n) is 3.14. The molecule has 0 aliphatic carbocycles. The van der Waals surface area contributed by atoms with Gasteiger partial charge in [-0.25, -0.2) is 0 Å². The molecule has 1 aliphatic heterocycles. The van der Waals surface area contributed by atoms with E-state index in [1.165, 1.54) is 0 Å². The van der Waals surface area contributed by atoms with Crippen molar-refractivity contribution < 1.29 is 14.9 Å². The quantitative estimate of drug-likeness (QED) is 0.758. The molecule has 22 heavy (non-hydrogen) atoms. The topological polar surface area (TPSA) is 68.7 Å². The van der Waals surface area contributed by atoms with Gasteiger partial charge in [0.25, 0.3) is 0 Å². The van der Waals surface area contributed by atoms with Gasteiger partial charge in [-0.1, -0.05) is 6.07 Å². The average molecular weight is 304 g/mol. The van der Waals surface area contributed by atoms with Crippen molar-refractivity contribution in [2.24, 2.45) is 5.92 Å². The van der Waals surface area contributed by atoms with Crippen LogP contribution in [0.15, 0.2) is 30.5 Å². The molecule has 1 aliphatic rings. The van der Waals surface area contributed by atoms with Gasteiger partial charge in [-0.3, -0.25) is 0 Å². The number of likely N-dealkylation sites (tertiary alicyclic amines) is 1. The molecule has 0 bridgehead atoms. The van der Waals surface area contributed by atoms with Crippen LogP contribution in [0, 0.1) is 5.92 Å². The third-order valence-corrected chi connectivity index (χ3v) is 4.45. The summed E-state index contributed by atoms with van der Waals surface area (Å²) < 4.78 is 5.78. The summed E-state index contributed by atoms with van der Waals surface area (Å²) in [6, 6.07) is 7.83. The van der Waals surface area contributed by atoms with Crippen molar-refractivity contribution in [2.45, 2.75) is 25.6 Å². The molecular formula is C17H24N2O3. The first kappa shape index (κ1) is 15.3. The predicted molar refractivity (Wildman–Crippen MR) is 86.0 cm³/mol. The Bertz CT molecular complexity index is 611. The highest BCUT2D eigenvalue weighted by Crippen LogP contribution is 2.25. The lowest BCUT2D eigenvalue weighted by Crippen LogP contribution is -2.35. The molecule has 2 aromatic rings. The Balaban J connectivity index is 1.50. The number of aromatic nitrogens is 1. The van der Waals surface area contributed by atoms with Crippen LogP contribution in [0.5, 0.6) is 5.75 Å². The summed E-state index contributed by atoms with van der Waals surface area (Å²) in [6.45, 7) is 4.49. The van der Waals surface area contributed by atoms with Crippen molar-refractivity contribution in [3.63, 3.8) is 0 Å². The van der Waals surface area contributed by atoms with E-state index in [-0.39, 0.29) is 12.7 Å². The van der Waals surface area contributed by atoms with Gasteiger partial charge in [0.05, 0.1) is 6.10 Å². The summed E-state index contributed by atoms with van der Waals surface area (Å²) >= 11 is 0. The normalized spacial score (nSPS) is 22.0. The number of rotatable bonds is 6. The van der Waals surface area contributed by atoms with Crippen LogP contribution >= 0.6 is 0 Å². The Morgan fingerprint density at radius 1 is 1.36 bits per heavy atom. The lowest BCUT2D eigenvalue weighted by molar-refractivity contribution is 0.0701. The molecule has 0 amide bonds. The van der Waals surface area contributed by atoms with Crippen LogP contribution < -0.4 is 4.74 Å². The number of hydrogen-bond donors (Lipinski definition) is 3. The van der Waals surface area contributed by atoms with E-state index in [9.17, 15) is 10.2 Å². The maximum Gasteiger partial charge on any atom is 0.128 e. The van der Waals surface area contributed by atoms with Crippen LogP contribution in [-0.2, 0) is 0 Å². The van der Waals surface area contributed by atoms with E-state index in [4.69, 9.17) is 4.74 Å². The Labute approximate surface area is 130 Å². The van der Waals surface area contributed by atoms with Crippen LogP contribution in [0.3, 0.4) is 0 Å². The standard InChI is InChI=1S/C17H24N2O3/c1-12(20)13-6-8-19(9-13)10-14(21)11-22-17-4-2-3-16-15(17)5-7-18-16/h2-5,7,12-14,18,20-21H,6,8-11H2,1H3. The maximum atomic E-state index is 10.2. The number of benzene rings is 1. The number of ether oxygens (including phenoxy) is 1. The van der Waals surface area contributed by atoms with E-state index in [1.807, 2.05) is 37.4 Å². The summed E-state index contributed by atoms with van der Waals surface area (Å²) in [7, 11) is 0. The smallest absolute Gasteiger partial charge is 0.128 e. The molecule has 2 heterocycles. The minimum absolute atomic E-state index is 0.274. The first-order valence-electron chi connectivity index (χ1n) is 7.91. The lowest BCUT2D eigenvalue weighted by atomic mass is 10.0. The molecule has 5 nitrogen and oxygen atoms in total. The van der Waals surface area contributed by atoms with Gasteiger partial charge >= 0.3 is 0 Å². The number of fused-ring (bicyclic) bond motifs is 1. The molecular weight excluding hydrogens is 280 g/mol. The van der Waals surface area contributed by atoms with Crippen LogP contribution in [0.1, 0.15) is 13.3 Å². The molecule has 1 aromatic carbocycles. The highest BCUT2D eigenvalue weighted by Gasteiger charge is 2.27. The highest BCUT2D eigenvalue weighted by atomic mass is 16.5. The molecule has 1 fully saturated rings. The monoisotopic (exact) mass is 304 g/mol. The molecule has 1 aromatic heterocycles. The van der Waals surface area contributed by atoms with Crippen molar-refractivity contribution in [3.8, 4) is 5.75 Å². The van der Waals surface area contributed by atoms with E-state index in [0.29, 0.717) is 12.5 Å². The van der Waals surface area contributed by atoms with Crippen LogP contribution in [0.25, 0.3) is 10.9 Å². The summed E-state index contributed by atoms with van der Waals surface area (Å²) in [5.41, 5.74) is 1.03. The van der Waals surface area contributed by atoms with Crippen LogP contribution in [0.2, 0.25) is 0 Å². The number of β-amino-alcohol motifs (C(OH)–C–C–N with tert-alkyl or cyclic N) is 1. The van der Waals surface area contributed by atoms with E-state index in [2.05, 4.69) is 9.88 Å². The number of H-pyrrole nitrogens is 1. The summed E-state index contributed by atoms with van der Waals surface area (Å²) in [5, 5.41) is 20.8. The second-order valence-electron chi connectivity index (χ2n) is 6.21. The fraction of sp³-hybridized carbons (Fsp3) is 0.529. The first-order valence-corrected chi connectivity index (χ1v) is 7.91. The van der Waals surface area contributed by atoms with Crippen molar-refractivity contribution in [1.82, 2.24) is 9.88 Å². The highest BCUT2D eigenvalue weighted by molar-refractivity contribution is 5.85. The minimum Gasteiger partial charge on any atom is -0.490 e. The van der Waals surface area contributed by atoms with Gasteiger partial charge in [-0.2, -0.15) is 0 Å². The molecule has 3 rings (SSSR count). The zero-order chi connectivity index (χ0) is 15.5. The number of hydrogen-bond acceptors (Lipinski definition) is 4. The van der Waals surface area contributed by atoms with Crippen molar-refractivity contribution in [1.29, 1.82) is 0 Å². The molecule has 0 radical (unpaired) electrons. The minimum atomic E-state index is -0.526. The molecule has 1 saturated heterocycles. The first-order chi connectivity index (χ1) is 10.6. The number of aromatic amines is 1. The van der Waals surface area contributed by atoms with Crippen molar-refractivity contribution in [3.05, 3.63) is 30.5 Å². The molecule has 0 saturated carbocycles. The second kappa shape index (κ2) is 6.69. The summed E-state index contributed by atoms with van der Waals surface area (Å²) in [4.78, 5) is 5.34. The average Bonchev–Trinajstić information content (AvgIpc) is 3.13. The molecule has 3 unspecified atom stereocenters. The van der Waals surface area contributed by atoms with Gasteiger partial charge in [-0.15, -0.1) is 0 Å². The molecule has 3 atom stereocenters. The Kier molecular flexibility index (Phi) is 4.66. The van der Waals surface area contributed by atoms with Crippen LogP contribution in [0.4, 0.5) is 0 Å². The van der Waals surface area contributed by atoms with Crippen molar-refractivity contribution >= 4 is 10.9 Å². The molecule has 120 valence electrons. The maximum absolute atomic E-state index is 10.2. The van der Waals surface area contributed by atoms with E-state index in [1.54, 1.807) is 0 Å². The van der Waals surface area contributed by atoms with Gasteiger partial charge in [0.15, 0.2) is 0 Å². The largest absolute Gasteiger partial charge is 0.490 e. The zero-order valence-electron chi connectivity index (χ0n) is 12.9.